The van der Waals surface area contributed by atoms with Gasteiger partial charge in [0.25, 0.3) is 0 Å². The van der Waals surface area contributed by atoms with Crippen LogP contribution in [0.25, 0.3) is 60.2 Å². The molecule has 0 aliphatic carbocycles. The highest BCUT2D eigenvalue weighted by Crippen LogP contribution is 2.44. The maximum absolute atomic E-state index is 9.89. The highest BCUT2D eigenvalue weighted by Gasteiger charge is 2.21. The molecule has 9 aromatic rings. The molecule has 0 unspecified atom stereocenters. The van der Waals surface area contributed by atoms with E-state index < -0.39 is 153 Å². The minimum Gasteiger partial charge on any atom is -0.455 e. The van der Waals surface area contributed by atoms with Crippen molar-refractivity contribution in [1.82, 2.24) is 4.57 Å². The number of benzene rings is 7. The molecule has 0 spiro atoms. The zero-order valence-corrected chi connectivity index (χ0v) is 21.9. The van der Waals surface area contributed by atoms with Gasteiger partial charge in [-0.25, -0.2) is 0 Å². The smallest absolute Gasteiger partial charge is 0.143 e. The fourth-order valence-electron chi connectivity index (χ4n) is 5.52. The quantitative estimate of drug-likeness (QED) is 0.211. The lowest BCUT2D eigenvalue weighted by atomic mass is 10.0. The Morgan fingerprint density at radius 3 is 2.07 bits per heavy atom. The van der Waals surface area contributed by atoms with Crippen LogP contribution in [0.15, 0.2) is 162 Å². The van der Waals surface area contributed by atoms with Crippen LogP contribution in [0.1, 0.15) is 24.7 Å². The van der Waals surface area contributed by atoms with Crippen LogP contribution in [-0.2, 0) is 0 Å². The summed E-state index contributed by atoms with van der Waals surface area (Å²) in [6.07, 6.45) is 0. The number of rotatable bonds is 4. The molecule has 2 heterocycles. The Balaban J connectivity index is 1.56. The molecule has 0 bridgehead atoms. The fraction of sp³-hybridized carbons (Fsp3) is 0. The van der Waals surface area contributed by atoms with Crippen molar-refractivity contribution in [2.24, 2.45) is 0 Å². The molecule has 0 amide bonds. The van der Waals surface area contributed by atoms with Gasteiger partial charge in [-0.05, 0) is 65.9 Å². The summed E-state index contributed by atoms with van der Waals surface area (Å²) in [5.74, 6) is 0. The van der Waals surface area contributed by atoms with Crippen molar-refractivity contribution in [3.05, 3.63) is 157 Å². The summed E-state index contributed by atoms with van der Waals surface area (Å²) in [6, 6.07) is -0.0158. The first-order chi connectivity index (χ1) is 28.8. The summed E-state index contributed by atoms with van der Waals surface area (Å²) in [4.78, 5) is 0.740. The van der Waals surface area contributed by atoms with E-state index in [1.54, 1.807) is 36.4 Å². The Bertz CT molecular complexity index is 3400. The highest BCUT2D eigenvalue weighted by atomic mass is 16.3. The van der Waals surface area contributed by atoms with Gasteiger partial charge in [-0.15, -0.1) is 0 Å². The number of anilines is 3. The van der Waals surface area contributed by atoms with E-state index in [4.69, 9.17) is 22.2 Å². The molecule has 2 aromatic heterocycles. The molecule has 3 heteroatoms. The molecule has 0 saturated carbocycles. The van der Waals surface area contributed by atoms with Crippen LogP contribution in [-0.4, -0.2) is 4.57 Å². The van der Waals surface area contributed by atoms with Crippen molar-refractivity contribution in [1.29, 1.82) is 0 Å². The number of nitrogens with zero attached hydrogens (tertiary/aromatic N) is 2. The molecule has 43 heavy (non-hydrogen) atoms. The van der Waals surface area contributed by atoms with E-state index >= 15 is 0 Å². The Morgan fingerprint density at radius 1 is 0.558 bits per heavy atom. The summed E-state index contributed by atoms with van der Waals surface area (Å²) in [5, 5.41) is -0.259. The molecule has 0 aliphatic heterocycles. The summed E-state index contributed by atoms with van der Waals surface area (Å²) in [5.41, 5.74) is -2.47. The summed E-state index contributed by atoms with van der Waals surface area (Å²) >= 11 is 0. The van der Waals surface area contributed by atoms with Gasteiger partial charge in [0, 0.05) is 38.6 Å². The van der Waals surface area contributed by atoms with Crippen molar-refractivity contribution in [2.45, 2.75) is 0 Å². The van der Waals surface area contributed by atoms with Gasteiger partial charge in [-0.1, -0.05) is 96.8 Å². The Hall–Kier alpha value is -5.80. The first-order valence-electron chi connectivity index (χ1n) is 22.2. The number of aromatic nitrogens is 1. The van der Waals surface area contributed by atoms with Crippen LogP contribution in [0.4, 0.5) is 17.1 Å². The average Bonchev–Trinajstić information content (AvgIpc) is 3.80. The van der Waals surface area contributed by atoms with Gasteiger partial charge in [0.1, 0.15) is 11.2 Å². The van der Waals surface area contributed by atoms with Gasteiger partial charge >= 0.3 is 0 Å². The molecule has 7 aromatic carbocycles. The second-order valence-electron chi connectivity index (χ2n) is 9.61. The van der Waals surface area contributed by atoms with E-state index in [0.717, 1.165) is 4.90 Å². The second kappa shape index (κ2) is 9.37. The molecule has 0 fully saturated rings. The molecular formula is C40H26N2O. The minimum absolute atomic E-state index is 0.273. The van der Waals surface area contributed by atoms with Crippen LogP contribution < -0.4 is 4.90 Å². The van der Waals surface area contributed by atoms with Gasteiger partial charge in [-0.2, -0.15) is 0 Å². The predicted octanol–water partition coefficient (Wildman–Crippen LogP) is 11.3. The lowest BCUT2D eigenvalue weighted by Crippen LogP contribution is -2.10. The van der Waals surface area contributed by atoms with Crippen molar-refractivity contribution in [3.63, 3.8) is 0 Å². The normalized spacial score (nSPS) is 17.6. The van der Waals surface area contributed by atoms with E-state index in [1.807, 2.05) is 12.1 Å². The molecule has 0 radical (unpaired) electrons. The number of hydrogen-bond donors (Lipinski definition) is 0. The topological polar surface area (TPSA) is 21.3 Å². The monoisotopic (exact) mass is 568 g/mol. The van der Waals surface area contributed by atoms with Gasteiger partial charge in [0.05, 0.1) is 46.8 Å². The van der Waals surface area contributed by atoms with Crippen molar-refractivity contribution < 1.29 is 29.1 Å². The molecule has 0 aliphatic rings. The molecule has 3 nitrogen and oxygen atoms in total. The third kappa shape index (κ3) is 3.62. The number of para-hydroxylation sites is 3. The van der Waals surface area contributed by atoms with E-state index in [-0.39, 0.29) is 11.1 Å². The summed E-state index contributed by atoms with van der Waals surface area (Å²) in [7, 11) is 0. The van der Waals surface area contributed by atoms with Crippen LogP contribution in [0.3, 0.4) is 0 Å². The van der Waals surface area contributed by atoms with E-state index in [0.29, 0.717) is 21.8 Å². The molecular weight excluding hydrogens is 524 g/mol. The Morgan fingerprint density at radius 2 is 1.26 bits per heavy atom. The second-order valence-corrected chi connectivity index (χ2v) is 9.61. The van der Waals surface area contributed by atoms with Crippen molar-refractivity contribution in [3.8, 4) is 5.69 Å². The van der Waals surface area contributed by atoms with Crippen molar-refractivity contribution in [2.75, 3.05) is 4.90 Å². The molecule has 202 valence electrons. The maximum atomic E-state index is 9.89. The first kappa shape index (κ1) is 12.2. The molecule has 0 saturated heterocycles. The predicted molar refractivity (Wildman–Crippen MR) is 180 cm³/mol. The SMILES string of the molecule is [2H]c1c([2H])c([2H])c(N(c2c([2H])c([2H])c([2H])c(-n3c4ccccc4c4ccccc43)c2[2H])c2c([2H])c([2H])c([2H])c3oc4c5c([2H])c([2H])c([2H])c([2H])c5c([2H])c([2H])c4c23)c([2H])c1[2H]. The van der Waals surface area contributed by atoms with Crippen LogP contribution >= 0.6 is 0 Å². The van der Waals surface area contributed by atoms with E-state index in [1.165, 1.54) is 4.57 Å². The van der Waals surface area contributed by atoms with Gasteiger partial charge in [0.15, 0.2) is 0 Å². The standard InChI is InChI=1S/C40H26N2O/c1-2-13-28(14-3-1)41(37-22-11-23-38-39(37)34-25-24-27-12-4-5-17-31(27)40(34)43-38)29-15-10-16-30(26-29)42-35-20-8-6-18-32(35)33-19-7-9-21-36(33)42/h1-26H/i1D,2D,3D,4D,5D,10D,11D,12D,13D,14D,15D,16D,17D,22D,23D,24D,25D,26D. The third-order valence-electron chi connectivity index (χ3n) is 7.29. The first-order valence-corrected chi connectivity index (χ1v) is 13.2. The largest absolute Gasteiger partial charge is 0.455 e. The number of fused-ring (bicyclic) bond motifs is 8. The van der Waals surface area contributed by atoms with Crippen LogP contribution in [0.2, 0.25) is 0 Å². The lowest BCUT2D eigenvalue weighted by molar-refractivity contribution is 0.672. The molecule has 9 rings (SSSR count). The van der Waals surface area contributed by atoms with E-state index in [9.17, 15) is 6.85 Å². The highest BCUT2D eigenvalue weighted by molar-refractivity contribution is 6.19. The Kier molecular flexibility index (Phi) is 2.66. The number of furan rings is 1. The van der Waals surface area contributed by atoms with Crippen LogP contribution in [0.5, 0.6) is 0 Å². The number of hydrogen-bond acceptors (Lipinski definition) is 2. The Labute approximate surface area is 273 Å². The van der Waals surface area contributed by atoms with E-state index in [2.05, 4.69) is 0 Å². The molecule has 0 N–H and O–H groups in total. The zero-order valence-electron chi connectivity index (χ0n) is 39.9. The fourth-order valence-corrected chi connectivity index (χ4v) is 5.52. The van der Waals surface area contributed by atoms with Gasteiger partial charge in [-0.3, -0.25) is 0 Å². The summed E-state index contributed by atoms with van der Waals surface area (Å²) < 4.78 is 169. The summed E-state index contributed by atoms with van der Waals surface area (Å²) in [6.45, 7) is 0. The minimum atomic E-state index is -0.918. The third-order valence-corrected chi connectivity index (χ3v) is 7.29. The lowest BCUT2D eigenvalue weighted by Gasteiger charge is -2.27. The van der Waals surface area contributed by atoms with Gasteiger partial charge < -0.3 is 13.9 Å². The van der Waals surface area contributed by atoms with Crippen molar-refractivity contribution >= 4 is 71.6 Å². The molecule has 0 atom stereocenters. The zero-order chi connectivity index (χ0) is 44.0. The maximum Gasteiger partial charge on any atom is 0.143 e. The van der Waals surface area contributed by atoms with Gasteiger partial charge in [0.2, 0.25) is 0 Å². The van der Waals surface area contributed by atoms with Crippen LogP contribution in [0, 0.1) is 0 Å². The average molecular weight is 569 g/mol.